The first-order chi connectivity index (χ1) is 8.95. The smallest absolute Gasteiger partial charge is 0.330 e. The van der Waals surface area contributed by atoms with Gasteiger partial charge in [-0.2, -0.15) is 0 Å². The van der Waals surface area contributed by atoms with E-state index in [9.17, 15) is 9.59 Å². The Labute approximate surface area is 113 Å². The van der Waals surface area contributed by atoms with Crippen molar-refractivity contribution in [2.75, 3.05) is 20.6 Å². The summed E-state index contributed by atoms with van der Waals surface area (Å²) in [4.78, 5) is 24.2. The van der Waals surface area contributed by atoms with Crippen LogP contribution >= 0.6 is 0 Å². The van der Waals surface area contributed by atoms with Crippen LogP contribution < -0.4 is 5.32 Å². The van der Waals surface area contributed by atoms with Crippen LogP contribution in [0.1, 0.15) is 11.1 Å². The number of amides is 1. The molecule has 0 aliphatic carbocycles. The number of hydrogen-bond donors (Lipinski definition) is 2. The summed E-state index contributed by atoms with van der Waals surface area (Å²) in [6, 6.07) is 6.89. The number of likely N-dealkylation sites (N-methyl/N-ethyl adjacent to an activating group) is 2. The van der Waals surface area contributed by atoms with Gasteiger partial charge in [-0.3, -0.25) is 10.1 Å². The van der Waals surface area contributed by atoms with E-state index in [1.54, 1.807) is 7.05 Å². The van der Waals surface area contributed by atoms with Gasteiger partial charge in [0, 0.05) is 13.6 Å². The van der Waals surface area contributed by atoms with E-state index in [1.807, 2.05) is 31.2 Å². The molecule has 0 aliphatic heterocycles. The van der Waals surface area contributed by atoms with E-state index in [0.717, 1.165) is 5.56 Å². The molecule has 0 saturated heterocycles. The molecule has 1 unspecified atom stereocenters. The first-order valence-corrected chi connectivity index (χ1v) is 6.16. The van der Waals surface area contributed by atoms with E-state index in [4.69, 9.17) is 5.11 Å². The number of hydrogen-bond acceptors (Lipinski definition) is 3. The lowest BCUT2D eigenvalue weighted by Crippen LogP contribution is -2.48. The number of carboxylic acids is 1. The maximum atomic E-state index is 11.9. The molecule has 19 heavy (non-hydrogen) atoms. The third kappa shape index (κ3) is 4.37. The van der Waals surface area contributed by atoms with Gasteiger partial charge in [-0.15, -0.1) is 0 Å². The van der Waals surface area contributed by atoms with Crippen molar-refractivity contribution in [2.45, 2.75) is 19.4 Å². The Morgan fingerprint density at radius 2 is 1.89 bits per heavy atom. The van der Waals surface area contributed by atoms with E-state index in [2.05, 4.69) is 5.32 Å². The van der Waals surface area contributed by atoms with Gasteiger partial charge in [-0.1, -0.05) is 29.8 Å². The summed E-state index contributed by atoms with van der Waals surface area (Å²) >= 11 is 0. The molecule has 0 radical (unpaired) electrons. The molecule has 5 heteroatoms. The standard InChI is InChI=1S/C14H20N2O3/c1-10-4-6-11(7-5-10)8-9-16(3)13(17)12(15-2)14(18)19/h4-7,12,15H,8-9H2,1-3H3,(H,18,19). The van der Waals surface area contributed by atoms with Gasteiger partial charge in [0.15, 0.2) is 6.04 Å². The average Bonchev–Trinajstić information content (AvgIpc) is 2.38. The Balaban J connectivity index is 2.55. The van der Waals surface area contributed by atoms with Crippen LogP contribution in [0.25, 0.3) is 0 Å². The Hall–Kier alpha value is -1.88. The monoisotopic (exact) mass is 264 g/mol. The molecule has 1 atom stereocenters. The van der Waals surface area contributed by atoms with Crippen molar-refractivity contribution in [3.63, 3.8) is 0 Å². The van der Waals surface area contributed by atoms with E-state index in [-0.39, 0.29) is 0 Å². The molecule has 0 aliphatic rings. The van der Waals surface area contributed by atoms with Crippen LogP contribution in [0.5, 0.6) is 0 Å². The number of benzene rings is 1. The molecule has 0 heterocycles. The van der Waals surface area contributed by atoms with Crippen LogP contribution in [0.3, 0.4) is 0 Å². The number of carbonyl (C=O) groups excluding carboxylic acids is 1. The van der Waals surface area contributed by atoms with Crippen molar-refractivity contribution in [1.29, 1.82) is 0 Å². The maximum absolute atomic E-state index is 11.9. The van der Waals surface area contributed by atoms with Crippen LogP contribution in [-0.4, -0.2) is 48.6 Å². The largest absolute Gasteiger partial charge is 0.480 e. The molecule has 1 aromatic carbocycles. The number of nitrogens with one attached hydrogen (secondary N) is 1. The summed E-state index contributed by atoms with van der Waals surface area (Å²) in [5.74, 6) is -1.59. The Morgan fingerprint density at radius 3 is 2.37 bits per heavy atom. The average molecular weight is 264 g/mol. The summed E-state index contributed by atoms with van der Waals surface area (Å²) in [6.07, 6.45) is 0.707. The van der Waals surface area contributed by atoms with E-state index in [0.29, 0.717) is 13.0 Å². The van der Waals surface area contributed by atoms with Gasteiger partial charge in [0.1, 0.15) is 0 Å². The molecular weight excluding hydrogens is 244 g/mol. The summed E-state index contributed by atoms with van der Waals surface area (Å²) < 4.78 is 0. The Morgan fingerprint density at radius 1 is 1.32 bits per heavy atom. The summed E-state index contributed by atoms with van der Waals surface area (Å²) in [6.45, 7) is 2.51. The predicted octanol–water partition coefficient (Wildman–Crippen LogP) is 0.669. The zero-order chi connectivity index (χ0) is 14.4. The van der Waals surface area contributed by atoms with Crippen LogP contribution in [0.4, 0.5) is 0 Å². The van der Waals surface area contributed by atoms with Crippen molar-refractivity contribution < 1.29 is 14.7 Å². The minimum absolute atomic E-state index is 0.429. The van der Waals surface area contributed by atoms with Gasteiger partial charge in [-0.05, 0) is 26.0 Å². The molecule has 1 aromatic rings. The van der Waals surface area contributed by atoms with E-state index in [1.165, 1.54) is 17.5 Å². The van der Waals surface area contributed by atoms with Crippen molar-refractivity contribution in [3.05, 3.63) is 35.4 Å². The minimum Gasteiger partial charge on any atom is -0.480 e. The normalized spacial score (nSPS) is 11.9. The first-order valence-electron chi connectivity index (χ1n) is 6.16. The molecule has 5 nitrogen and oxygen atoms in total. The van der Waals surface area contributed by atoms with Gasteiger partial charge in [0.05, 0.1) is 0 Å². The predicted molar refractivity (Wildman–Crippen MR) is 73.0 cm³/mol. The fourth-order valence-electron chi connectivity index (χ4n) is 1.73. The SMILES string of the molecule is CNC(C(=O)O)C(=O)N(C)CCc1ccc(C)cc1. The number of carboxylic acid groups (broad SMARTS) is 1. The number of aryl methyl sites for hydroxylation is 1. The third-order valence-corrected chi connectivity index (χ3v) is 3.02. The molecule has 1 amide bonds. The first kappa shape index (κ1) is 15.2. The lowest BCUT2D eigenvalue weighted by molar-refractivity contribution is -0.147. The molecule has 2 N–H and O–H groups in total. The van der Waals surface area contributed by atoms with Crippen LogP contribution in [0.15, 0.2) is 24.3 Å². The zero-order valence-electron chi connectivity index (χ0n) is 11.5. The second kappa shape index (κ2) is 6.89. The fourth-order valence-corrected chi connectivity index (χ4v) is 1.73. The van der Waals surface area contributed by atoms with Crippen molar-refractivity contribution in [3.8, 4) is 0 Å². The highest BCUT2D eigenvalue weighted by molar-refractivity contribution is 6.01. The second-order valence-electron chi connectivity index (χ2n) is 4.56. The van der Waals surface area contributed by atoms with Gasteiger partial charge in [0.25, 0.3) is 5.91 Å². The highest BCUT2D eigenvalue weighted by Gasteiger charge is 2.26. The summed E-state index contributed by atoms with van der Waals surface area (Å²) in [5, 5.41) is 11.4. The maximum Gasteiger partial charge on any atom is 0.330 e. The Bertz CT molecular complexity index is 443. The molecule has 0 fully saturated rings. The highest BCUT2D eigenvalue weighted by atomic mass is 16.4. The number of nitrogens with zero attached hydrogens (tertiary/aromatic N) is 1. The lowest BCUT2D eigenvalue weighted by Gasteiger charge is -2.21. The second-order valence-corrected chi connectivity index (χ2v) is 4.56. The van der Waals surface area contributed by atoms with Gasteiger partial charge in [-0.25, -0.2) is 4.79 Å². The molecule has 0 saturated carbocycles. The lowest BCUT2D eigenvalue weighted by atomic mass is 10.1. The Kier molecular flexibility index (Phi) is 5.51. The quantitative estimate of drug-likeness (QED) is 0.741. The van der Waals surface area contributed by atoms with E-state index >= 15 is 0 Å². The van der Waals surface area contributed by atoms with E-state index < -0.39 is 17.9 Å². The zero-order valence-corrected chi connectivity index (χ0v) is 11.5. The topological polar surface area (TPSA) is 69.6 Å². The third-order valence-electron chi connectivity index (χ3n) is 3.02. The minimum atomic E-state index is -1.18. The fraction of sp³-hybridized carbons (Fsp3) is 0.429. The van der Waals surface area contributed by atoms with Crippen LogP contribution in [0.2, 0.25) is 0 Å². The molecular formula is C14H20N2O3. The molecule has 0 spiro atoms. The van der Waals surface area contributed by atoms with Gasteiger partial charge >= 0.3 is 5.97 Å². The number of carbonyl (C=O) groups is 2. The van der Waals surface area contributed by atoms with Crippen molar-refractivity contribution in [1.82, 2.24) is 10.2 Å². The van der Waals surface area contributed by atoms with Crippen molar-refractivity contribution >= 4 is 11.9 Å². The van der Waals surface area contributed by atoms with Crippen LogP contribution in [0, 0.1) is 6.92 Å². The summed E-state index contributed by atoms with van der Waals surface area (Å²) in [7, 11) is 3.08. The number of rotatable bonds is 6. The molecule has 104 valence electrons. The molecule has 1 rings (SSSR count). The van der Waals surface area contributed by atoms with Gasteiger partial charge < -0.3 is 10.0 Å². The highest BCUT2D eigenvalue weighted by Crippen LogP contribution is 2.05. The summed E-state index contributed by atoms with van der Waals surface area (Å²) in [5.41, 5.74) is 2.32. The molecule has 0 aromatic heterocycles. The van der Waals surface area contributed by atoms with Crippen LogP contribution in [-0.2, 0) is 16.0 Å². The molecule has 0 bridgehead atoms. The van der Waals surface area contributed by atoms with Gasteiger partial charge in [0.2, 0.25) is 0 Å². The number of aliphatic carboxylic acids is 1. The van der Waals surface area contributed by atoms with Crippen molar-refractivity contribution in [2.24, 2.45) is 0 Å².